The van der Waals surface area contributed by atoms with Crippen LogP contribution in [-0.2, 0) is 20.4 Å². The zero-order valence-corrected chi connectivity index (χ0v) is 17.1. The van der Waals surface area contributed by atoms with Gasteiger partial charge in [0.05, 0.1) is 16.1 Å². The number of carboxylic acid groups (broad SMARTS) is 1. The summed E-state index contributed by atoms with van der Waals surface area (Å²) in [6.07, 6.45) is -1.30. The maximum atomic E-state index is 12.5. The average molecular weight is 452 g/mol. The van der Waals surface area contributed by atoms with E-state index in [2.05, 4.69) is 20.6 Å². The van der Waals surface area contributed by atoms with E-state index >= 15 is 0 Å². The van der Waals surface area contributed by atoms with Gasteiger partial charge in [-0.2, -0.15) is 16.8 Å². The third-order valence-corrected chi connectivity index (χ3v) is 5.54. The average Bonchev–Trinajstić information content (AvgIpc) is 2.95. The smallest absolute Gasteiger partial charge is 0.408 e. The first-order valence-corrected chi connectivity index (χ1v) is 10.9. The van der Waals surface area contributed by atoms with Crippen LogP contribution in [0, 0.1) is 0 Å². The monoisotopic (exact) mass is 452 g/mol. The van der Waals surface area contributed by atoms with E-state index in [4.69, 9.17) is 9.29 Å². The molecule has 0 spiro atoms. The molecular weight excluding hydrogens is 436 g/mol. The van der Waals surface area contributed by atoms with Gasteiger partial charge in [-0.15, -0.1) is 0 Å². The van der Waals surface area contributed by atoms with Crippen LogP contribution < -0.4 is 25.5 Å². The molecule has 1 aliphatic rings. The van der Waals surface area contributed by atoms with Crippen molar-refractivity contribution in [2.24, 2.45) is 9.98 Å². The van der Waals surface area contributed by atoms with Gasteiger partial charge in [0.2, 0.25) is 16.1 Å². The summed E-state index contributed by atoms with van der Waals surface area (Å²) in [6, 6.07) is 9.77. The Hall–Kier alpha value is -3.45. The molecule has 3 N–H and O–H groups in total. The summed E-state index contributed by atoms with van der Waals surface area (Å²) in [6.45, 7) is 1.53. The quantitative estimate of drug-likeness (QED) is 0.382. The Labute approximate surface area is 172 Å². The summed E-state index contributed by atoms with van der Waals surface area (Å²) < 4.78 is 51.1. The van der Waals surface area contributed by atoms with Crippen LogP contribution >= 0.6 is 0 Å². The molecule has 2 aromatic carbocycles. The second kappa shape index (κ2) is 8.12. The molecule has 11 nitrogen and oxygen atoms in total. The number of nitrogens with one attached hydrogen (secondary N) is 2. The highest BCUT2D eigenvalue weighted by Crippen LogP contribution is 2.19. The molecule has 0 radical (unpaired) electrons. The SMILES string of the molecule is CC1(NC(=O)O)N=c2ccc(OS(=O)(=O)c3ccc(NCC=S(=O)=O)cc3)cc2=N1. The van der Waals surface area contributed by atoms with Crippen molar-refractivity contribution < 1.29 is 30.9 Å². The molecule has 1 atom stereocenters. The van der Waals surface area contributed by atoms with Gasteiger partial charge in [0.15, 0.2) is 0 Å². The summed E-state index contributed by atoms with van der Waals surface area (Å²) in [4.78, 5) is 19.1. The highest BCUT2D eigenvalue weighted by molar-refractivity contribution is 7.87. The molecule has 0 saturated heterocycles. The van der Waals surface area contributed by atoms with Gasteiger partial charge in [-0.05, 0) is 36.4 Å². The molecule has 0 fully saturated rings. The van der Waals surface area contributed by atoms with Gasteiger partial charge in [-0.25, -0.2) is 14.8 Å². The largest absolute Gasteiger partial charge is 0.465 e. The number of amides is 1. The van der Waals surface area contributed by atoms with Crippen LogP contribution in [0.5, 0.6) is 5.75 Å². The lowest BCUT2D eigenvalue weighted by molar-refractivity contribution is 0.182. The van der Waals surface area contributed by atoms with Gasteiger partial charge in [0.25, 0.3) is 0 Å². The maximum Gasteiger partial charge on any atom is 0.408 e. The summed E-state index contributed by atoms with van der Waals surface area (Å²) in [7, 11) is -6.43. The normalized spacial score (nSPS) is 17.1. The predicted molar refractivity (Wildman–Crippen MR) is 106 cm³/mol. The first-order valence-electron chi connectivity index (χ1n) is 8.37. The standard InChI is InChI=1S/C17H16N4O7S2/c1-17(21-16(22)23)19-14-7-4-12(10-15(14)20-17)28-30(26,27)13-5-2-11(3-6-13)18-8-9-29(24)25/h2-7,9-10,18,21H,8H2,1H3,(H,22,23). The second-order valence-electron chi connectivity index (χ2n) is 6.19. The lowest BCUT2D eigenvalue weighted by Crippen LogP contribution is -2.41. The summed E-state index contributed by atoms with van der Waals surface area (Å²) in [5.74, 6) is -1.41. The third-order valence-electron chi connectivity index (χ3n) is 3.84. The lowest BCUT2D eigenvalue weighted by Gasteiger charge is -2.16. The topological polar surface area (TPSA) is 164 Å². The Morgan fingerprint density at radius 3 is 2.47 bits per heavy atom. The molecule has 1 heterocycles. The second-order valence-corrected chi connectivity index (χ2v) is 8.60. The Kier molecular flexibility index (Phi) is 5.75. The molecular formula is C17H16N4O7S2. The Balaban J connectivity index is 1.78. The molecule has 0 bridgehead atoms. The van der Waals surface area contributed by atoms with Crippen LogP contribution in [0.3, 0.4) is 0 Å². The molecule has 30 heavy (non-hydrogen) atoms. The summed E-state index contributed by atoms with van der Waals surface area (Å²) >= 11 is 0. The summed E-state index contributed by atoms with van der Waals surface area (Å²) in [5.41, 5.74) is 0.527. The number of carbonyl (C=O) groups is 1. The Bertz CT molecular complexity index is 1350. The molecule has 1 aliphatic heterocycles. The molecule has 1 amide bonds. The van der Waals surface area contributed by atoms with Crippen molar-refractivity contribution in [3.63, 3.8) is 0 Å². The van der Waals surface area contributed by atoms with Crippen LogP contribution in [-0.4, -0.2) is 45.7 Å². The minimum Gasteiger partial charge on any atom is -0.465 e. The van der Waals surface area contributed by atoms with Gasteiger partial charge in [-0.1, -0.05) is 0 Å². The number of hydrogen-bond donors (Lipinski definition) is 3. The summed E-state index contributed by atoms with van der Waals surface area (Å²) in [5, 5.41) is 15.5. The number of benzene rings is 2. The van der Waals surface area contributed by atoms with E-state index in [1.165, 1.54) is 49.4 Å². The van der Waals surface area contributed by atoms with E-state index < -0.39 is 32.3 Å². The van der Waals surface area contributed by atoms with Gasteiger partial charge in [0.1, 0.15) is 10.6 Å². The fourth-order valence-electron chi connectivity index (χ4n) is 2.63. The van der Waals surface area contributed by atoms with Gasteiger partial charge in [-0.3, -0.25) is 5.32 Å². The minimum absolute atomic E-state index is 0.0120. The van der Waals surface area contributed by atoms with Gasteiger partial charge in [0, 0.05) is 25.2 Å². The van der Waals surface area contributed by atoms with E-state index in [0.717, 1.165) is 5.37 Å². The van der Waals surface area contributed by atoms with Crippen molar-refractivity contribution >= 4 is 37.6 Å². The maximum absolute atomic E-state index is 12.5. The zero-order chi connectivity index (χ0) is 21.9. The van der Waals surface area contributed by atoms with E-state index in [9.17, 15) is 21.6 Å². The number of nitrogens with zero attached hydrogens (tertiary/aromatic N) is 2. The van der Waals surface area contributed by atoms with Crippen LogP contribution in [0.1, 0.15) is 6.92 Å². The van der Waals surface area contributed by atoms with Crippen molar-refractivity contribution in [1.29, 1.82) is 0 Å². The van der Waals surface area contributed by atoms with Crippen LogP contribution in [0.25, 0.3) is 0 Å². The van der Waals surface area contributed by atoms with Crippen molar-refractivity contribution in [3.8, 4) is 5.75 Å². The first-order chi connectivity index (χ1) is 14.1. The predicted octanol–water partition coefficient (Wildman–Crippen LogP) is -0.258. The molecule has 0 aliphatic carbocycles. The van der Waals surface area contributed by atoms with E-state index in [1.54, 1.807) is 0 Å². The van der Waals surface area contributed by atoms with E-state index in [1.807, 2.05) is 0 Å². The molecule has 1 unspecified atom stereocenters. The molecule has 158 valence electrons. The van der Waals surface area contributed by atoms with Crippen molar-refractivity contribution in [2.45, 2.75) is 17.6 Å². The molecule has 3 rings (SSSR count). The molecule has 2 aromatic rings. The van der Waals surface area contributed by atoms with Crippen LogP contribution in [0.4, 0.5) is 10.5 Å². The molecule has 0 saturated carbocycles. The van der Waals surface area contributed by atoms with E-state index in [0.29, 0.717) is 11.0 Å². The van der Waals surface area contributed by atoms with Crippen LogP contribution in [0.2, 0.25) is 0 Å². The fourth-order valence-corrected chi connectivity index (χ4v) is 3.78. The Morgan fingerprint density at radius 1 is 1.17 bits per heavy atom. The van der Waals surface area contributed by atoms with Gasteiger partial charge >= 0.3 is 16.2 Å². The molecule has 0 aromatic heterocycles. The first kappa shape index (κ1) is 21.3. The highest BCUT2D eigenvalue weighted by atomic mass is 32.2. The number of anilines is 1. The van der Waals surface area contributed by atoms with Crippen molar-refractivity contribution in [1.82, 2.24) is 5.32 Å². The van der Waals surface area contributed by atoms with Gasteiger partial charge < -0.3 is 14.6 Å². The highest BCUT2D eigenvalue weighted by Gasteiger charge is 2.27. The minimum atomic E-state index is -4.15. The number of rotatable bonds is 7. The van der Waals surface area contributed by atoms with E-state index in [-0.39, 0.29) is 22.5 Å². The van der Waals surface area contributed by atoms with Crippen molar-refractivity contribution in [2.75, 3.05) is 11.9 Å². The fraction of sp³-hybridized carbons (Fsp3) is 0.176. The molecule has 13 heteroatoms. The Morgan fingerprint density at radius 2 is 1.83 bits per heavy atom. The number of hydrogen-bond acceptors (Lipinski definition) is 9. The number of fused-ring (bicyclic) bond motifs is 1. The third kappa shape index (κ3) is 5.12. The van der Waals surface area contributed by atoms with Crippen molar-refractivity contribution in [3.05, 3.63) is 53.2 Å². The van der Waals surface area contributed by atoms with Crippen LogP contribution in [0.15, 0.2) is 57.3 Å². The lowest BCUT2D eigenvalue weighted by atomic mass is 10.3. The zero-order valence-electron chi connectivity index (χ0n) is 15.4.